The molecule has 1 aromatic heterocycles. The van der Waals surface area contributed by atoms with Gasteiger partial charge in [0.05, 0.1) is 10.5 Å². The zero-order chi connectivity index (χ0) is 13.8. The molecule has 0 bridgehead atoms. The molecule has 3 N–H and O–H groups in total. The average molecular weight is 328 g/mol. The van der Waals surface area contributed by atoms with Crippen molar-refractivity contribution in [3.8, 4) is 0 Å². The highest BCUT2D eigenvalue weighted by Gasteiger charge is 2.19. The Balaban J connectivity index is 2.28. The van der Waals surface area contributed by atoms with Gasteiger partial charge in [-0.2, -0.15) is 5.10 Å². The molecule has 0 spiro atoms. The first-order valence-electron chi connectivity index (χ1n) is 5.94. The number of aryl methyl sites for hydroxylation is 1. The maximum Gasteiger partial charge on any atom is 0.142 e. The van der Waals surface area contributed by atoms with Crippen molar-refractivity contribution in [1.82, 2.24) is 20.2 Å². The lowest BCUT2D eigenvalue weighted by molar-refractivity contribution is 0.483. The van der Waals surface area contributed by atoms with E-state index in [9.17, 15) is 4.39 Å². The predicted molar refractivity (Wildman–Crippen MR) is 73.6 cm³/mol. The van der Waals surface area contributed by atoms with Gasteiger partial charge < -0.3 is 0 Å². The van der Waals surface area contributed by atoms with E-state index in [2.05, 4.69) is 31.4 Å². The van der Waals surface area contributed by atoms with Gasteiger partial charge in [-0.15, -0.1) is 0 Å². The Bertz CT molecular complexity index is 557. The smallest absolute Gasteiger partial charge is 0.142 e. The Hall–Kier alpha value is -1.31. The largest absolute Gasteiger partial charge is 0.271 e. The summed E-state index contributed by atoms with van der Waals surface area (Å²) in [7, 11) is 0. The second kappa shape index (κ2) is 6.23. The maximum absolute atomic E-state index is 14.1. The van der Waals surface area contributed by atoms with E-state index in [0.717, 1.165) is 5.82 Å². The van der Waals surface area contributed by atoms with Gasteiger partial charge in [0.1, 0.15) is 18.0 Å². The van der Waals surface area contributed by atoms with Crippen LogP contribution in [0.5, 0.6) is 0 Å². The minimum atomic E-state index is -0.355. The molecule has 0 aliphatic rings. The lowest BCUT2D eigenvalue weighted by atomic mass is 10.0. The van der Waals surface area contributed by atoms with Gasteiger partial charge in [-0.25, -0.2) is 9.37 Å². The van der Waals surface area contributed by atoms with Gasteiger partial charge in [0.15, 0.2) is 0 Å². The van der Waals surface area contributed by atoms with E-state index in [1.807, 2.05) is 6.92 Å². The summed E-state index contributed by atoms with van der Waals surface area (Å²) in [6, 6.07) is 4.78. The topological polar surface area (TPSA) is 68.8 Å². The summed E-state index contributed by atoms with van der Waals surface area (Å²) in [5.74, 6) is 6.00. The summed E-state index contributed by atoms with van der Waals surface area (Å²) in [5, 5.41) is 4.09. The first-order valence-corrected chi connectivity index (χ1v) is 6.73. The molecular formula is C12H15BrFN5. The third-order valence-corrected chi connectivity index (χ3v) is 3.55. The number of halogens is 2. The number of hydrogen-bond donors (Lipinski definition) is 2. The molecule has 1 aromatic carbocycles. The molecular weight excluding hydrogens is 313 g/mol. The average Bonchev–Trinajstić information content (AvgIpc) is 2.87. The summed E-state index contributed by atoms with van der Waals surface area (Å²) in [5.41, 5.74) is 3.14. The standard InChI is InChI=1S/C12H15BrFN5/c1-2-19-11(16-7-17-19)6-10(18-15)8-4-3-5-9(13)12(8)14/h3-5,7,10,18H,2,6,15H2,1H3. The predicted octanol–water partition coefficient (Wildman–Crippen LogP) is 1.95. The van der Waals surface area contributed by atoms with Crippen LogP contribution < -0.4 is 11.3 Å². The first-order chi connectivity index (χ1) is 9.17. The molecule has 2 rings (SSSR count). The number of nitrogens with one attached hydrogen (secondary N) is 1. The number of hydrogen-bond acceptors (Lipinski definition) is 4. The van der Waals surface area contributed by atoms with E-state index < -0.39 is 0 Å². The number of hydrazine groups is 1. The fourth-order valence-corrected chi connectivity index (χ4v) is 2.32. The Morgan fingerprint density at radius 2 is 2.32 bits per heavy atom. The Labute approximate surface area is 119 Å². The molecule has 0 saturated heterocycles. The van der Waals surface area contributed by atoms with E-state index in [1.165, 1.54) is 6.33 Å². The van der Waals surface area contributed by atoms with Crippen molar-refractivity contribution in [2.45, 2.75) is 25.9 Å². The molecule has 1 atom stereocenters. The number of rotatable bonds is 5. The second-order valence-electron chi connectivity index (χ2n) is 4.06. The van der Waals surface area contributed by atoms with Crippen LogP contribution in [0.15, 0.2) is 29.0 Å². The molecule has 5 nitrogen and oxygen atoms in total. The monoisotopic (exact) mass is 327 g/mol. The Morgan fingerprint density at radius 1 is 1.53 bits per heavy atom. The van der Waals surface area contributed by atoms with Gasteiger partial charge >= 0.3 is 0 Å². The molecule has 0 aliphatic heterocycles. The summed E-state index contributed by atoms with van der Waals surface area (Å²) >= 11 is 3.17. The van der Waals surface area contributed by atoms with Crippen molar-refractivity contribution >= 4 is 15.9 Å². The van der Waals surface area contributed by atoms with Crippen molar-refractivity contribution in [2.75, 3.05) is 0 Å². The minimum Gasteiger partial charge on any atom is -0.271 e. The molecule has 0 fully saturated rings. The van der Waals surface area contributed by atoms with Gasteiger partial charge in [0, 0.05) is 18.5 Å². The molecule has 1 unspecified atom stereocenters. The zero-order valence-electron chi connectivity index (χ0n) is 10.5. The quantitative estimate of drug-likeness (QED) is 0.650. The Kier molecular flexibility index (Phi) is 4.62. The molecule has 0 radical (unpaired) electrons. The van der Waals surface area contributed by atoms with E-state index in [-0.39, 0.29) is 11.9 Å². The van der Waals surface area contributed by atoms with Crippen LogP contribution in [0, 0.1) is 5.82 Å². The van der Waals surface area contributed by atoms with Gasteiger partial charge in [0.25, 0.3) is 0 Å². The van der Waals surface area contributed by atoms with Crippen LogP contribution in [-0.4, -0.2) is 14.8 Å². The minimum absolute atomic E-state index is 0.312. The molecule has 2 aromatic rings. The summed E-state index contributed by atoms with van der Waals surface area (Å²) < 4.78 is 16.2. The molecule has 7 heteroatoms. The number of aromatic nitrogens is 3. The Morgan fingerprint density at radius 3 is 3.00 bits per heavy atom. The van der Waals surface area contributed by atoms with E-state index in [1.54, 1.807) is 22.9 Å². The van der Waals surface area contributed by atoms with Gasteiger partial charge in [-0.05, 0) is 28.9 Å². The molecule has 1 heterocycles. The molecule has 0 amide bonds. The van der Waals surface area contributed by atoms with Crippen LogP contribution in [0.4, 0.5) is 4.39 Å². The highest BCUT2D eigenvalue weighted by atomic mass is 79.9. The van der Waals surface area contributed by atoms with Gasteiger partial charge in [-0.3, -0.25) is 16.0 Å². The molecule has 0 saturated carbocycles. The number of benzene rings is 1. The van der Waals surface area contributed by atoms with Crippen molar-refractivity contribution in [1.29, 1.82) is 0 Å². The van der Waals surface area contributed by atoms with Crippen molar-refractivity contribution in [2.24, 2.45) is 5.84 Å². The third kappa shape index (κ3) is 2.99. The van der Waals surface area contributed by atoms with Gasteiger partial charge in [-0.1, -0.05) is 12.1 Å². The molecule has 0 aliphatic carbocycles. The van der Waals surface area contributed by atoms with Gasteiger partial charge in [0.2, 0.25) is 0 Å². The van der Waals surface area contributed by atoms with Crippen LogP contribution in [0.25, 0.3) is 0 Å². The molecule has 19 heavy (non-hydrogen) atoms. The maximum atomic E-state index is 14.1. The van der Waals surface area contributed by atoms with Crippen molar-refractivity contribution in [3.05, 3.63) is 46.2 Å². The van der Waals surface area contributed by atoms with E-state index in [0.29, 0.717) is 23.0 Å². The fraction of sp³-hybridized carbons (Fsp3) is 0.333. The van der Waals surface area contributed by atoms with Crippen molar-refractivity contribution < 1.29 is 4.39 Å². The summed E-state index contributed by atoms with van der Waals surface area (Å²) in [6.07, 6.45) is 1.96. The summed E-state index contributed by atoms with van der Waals surface area (Å²) in [4.78, 5) is 4.17. The van der Waals surface area contributed by atoms with Crippen LogP contribution in [0.2, 0.25) is 0 Å². The second-order valence-corrected chi connectivity index (χ2v) is 4.91. The highest BCUT2D eigenvalue weighted by molar-refractivity contribution is 9.10. The lowest BCUT2D eigenvalue weighted by Crippen LogP contribution is -2.31. The fourth-order valence-electron chi connectivity index (χ4n) is 1.94. The van der Waals surface area contributed by atoms with E-state index in [4.69, 9.17) is 5.84 Å². The summed E-state index contributed by atoms with van der Waals surface area (Å²) in [6.45, 7) is 2.69. The molecule has 102 valence electrons. The zero-order valence-corrected chi connectivity index (χ0v) is 12.1. The van der Waals surface area contributed by atoms with Crippen LogP contribution >= 0.6 is 15.9 Å². The number of nitrogens with two attached hydrogens (primary N) is 1. The van der Waals surface area contributed by atoms with Crippen LogP contribution in [0.3, 0.4) is 0 Å². The van der Waals surface area contributed by atoms with Crippen LogP contribution in [-0.2, 0) is 13.0 Å². The van der Waals surface area contributed by atoms with E-state index >= 15 is 0 Å². The highest BCUT2D eigenvalue weighted by Crippen LogP contribution is 2.25. The normalized spacial score (nSPS) is 12.6. The van der Waals surface area contributed by atoms with Crippen molar-refractivity contribution in [3.63, 3.8) is 0 Å². The SMILES string of the molecule is CCn1ncnc1CC(NN)c1cccc(Br)c1F. The first kappa shape index (κ1) is 14.1. The number of nitrogens with zero attached hydrogens (tertiary/aromatic N) is 3. The lowest BCUT2D eigenvalue weighted by Gasteiger charge is -2.17. The van der Waals surface area contributed by atoms with Crippen LogP contribution in [0.1, 0.15) is 24.4 Å². The third-order valence-electron chi connectivity index (χ3n) is 2.94.